The number of hydrogen-bond donors (Lipinski definition) is 2. The van der Waals surface area contributed by atoms with Gasteiger partial charge in [-0.05, 0) is 7.05 Å². The van der Waals surface area contributed by atoms with E-state index in [0.717, 1.165) is 37.8 Å². The Morgan fingerprint density at radius 1 is 1.21 bits per heavy atom. The highest BCUT2D eigenvalue weighted by molar-refractivity contribution is 5.46. The van der Waals surface area contributed by atoms with Crippen LogP contribution in [0.1, 0.15) is 5.82 Å². The molecule has 1 aliphatic heterocycles. The van der Waals surface area contributed by atoms with Crippen LogP contribution in [0.25, 0.3) is 0 Å². The van der Waals surface area contributed by atoms with Crippen molar-refractivity contribution in [1.29, 1.82) is 0 Å². The van der Waals surface area contributed by atoms with Gasteiger partial charge in [0.15, 0.2) is 5.82 Å². The van der Waals surface area contributed by atoms with E-state index in [0.29, 0.717) is 12.4 Å². The zero-order valence-electron chi connectivity index (χ0n) is 11.8. The van der Waals surface area contributed by atoms with Gasteiger partial charge in [0, 0.05) is 46.4 Å². The van der Waals surface area contributed by atoms with E-state index in [9.17, 15) is 0 Å². The summed E-state index contributed by atoms with van der Waals surface area (Å²) in [6.45, 7) is 4.49. The number of hydrogen-bond acceptors (Lipinski definition) is 7. The van der Waals surface area contributed by atoms with Crippen molar-refractivity contribution >= 4 is 11.6 Å². The van der Waals surface area contributed by atoms with Crippen LogP contribution < -0.4 is 10.7 Å². The van der Waals surface area contributed by atoms with E-state index in [1.165, 1.54) is 0 Å². The minimum Gasteiger partial charge on any atom is -0.377 e. The summed E-state index contributed by atoms with van der Waals surface area (Å²) in [4.78, 5) is 11.1. The van der Waals surface area contributed by atoms with E-state index in [2.05, 4.69) is 37.7 Å². The standard InChI is InChI=1S/C12H22N6O/c1-13-10-8-11(15-12(14-10)9-19-3)16-18-6-4-17(2)5-7-18/h8H,4-7,9H2,1-3H3,(H2,13,14,15,16). The van der Waals surface area contributed by atoms with Gasteiger partial charge in [0.1, 0.15) is 18.2 Å². The molecule has 0 amide bonds. The second-order valence-corrected chi connectivity index (χ2v) is 4.64. The predicted molar refractivity (Wildman–Crippen MR) is 75.0 cm³/mol. The molecule has 0 radical (unpaired) electrons. The van der Waals surface area contributed by atoms with E-state index >= 15 is 0 Å². The van der Waals surface area contributed by atoms with Crippen molar-refractivity contribution < 1.29 is 4.74 Å². The number of piperazine rings is 1. The molecule has 7 nitrogen and oxygen atoms in total. The lowest BCUT2D eigenvalue weighted by molar-refractivity contribution is 0.175. The first-order chi connectivity index (χ1) is 9.21. The van der Waals surface area contributed by atoms with Gasteiger partial charge in [-0.15, -0.1) is 0 Å². The van der Waals surface area contributed by atoms with Crippen molar-refractivity contribution in [3.8, 4) is 0 Å². The summed E-state index contributed by atoms with van der Waals surface area (Å²) in [7, 11) is 5.62. The van der Waals surface area contributed by atoms with Crippen LogP contribution in [-0.2, 0) is 11.3 Å². The van der Waals surface area contributed by atoms with E-state index in [4.69, 9.17) is 4.74 Å². The maximum Gasteiger partial charge on any atom is 0.158 e. The molecule has 0 spiro atoms. The average Bonchev–Trinajstić information content (AvgIpc) is 2.41. The molecule has 1 fully saturated rings. The van der Waals surface area contributed by atoms with Gasteiger partial charge in [0.2, 0.25) is 0 Å². The Morgan fingerprint density at radius 2 is 1.89 bits per heavy atom. The molecule has 7 heteroatoms. The molecule has 0 aromatic carbocycles. The third-order valence-electron chi connectivity index (χ3n) is 3.08. The zero-order valence-corrected chi connectivity index (χ0v) is 11.8. The van der Waals surface area contributed by atoms with Crippen molar-refractivity contribution in [3.05, 3.63) is 11.9 Å². The van der Waals surface area contributed by atoms with Gasteiger partial charge in [-0.3, -0.25) is 0 Å². The highest BCUT2D eigenvalue weighted by atomic mass is 16.5. The smallest absolute Gasteiger partial charge is 0.158 e. The fourth-order valence-corrected chi connectivity index (χ4v) is 1.96. The average molecular weight is 266 g/mol. The lowest BCUT2D eigenvalue weighted by Crippen LogP contribution is -2.47. The molecule has 0 unspecified atom stereocenters. The topological polar surface area (TPSA) is 65.5 Å². The minimum absolute atomic E-state index is 0.410. The molecule has 1 saturated heterocycles. The number of aromatic nitrogens is 2. The highest BCUT2D eigenvalue weighted by Gasteiger charge is 2.14. The van der Waals surface area contributed by atoms with Gasteiger partial charge in [-0.1, -0.05) is 0 Å². The Labute approximate surface area is 113 Å². The first-order valence-electron chi connectivity index (χ1n) is 6.46. The quantitative estimate of drug-likeness (QED) is 0.791. The molecule has 1 aromatic heterocycles. The molecular weight excluding hydrogens is 244 g/mol. The molecule has 0 aliphatic carbocycles. The molecule has 2 rings (SSSR count). The summed E-state index contributed by atoms with van der Waals surface area (Å²) in [5.74, 6) is 2.26. The molecule has 19 heavy (non-hydrogen) atoms. The lowest BCUT2D eigenvalue weighted by atomic mass is 10.4. The third kappa shape index (κ3) is 4.02. The van der Waals surface area contributed by atoms with Gasteiger partial charge in [0.25, 0.3) is 0 Å². The molecule has 0 bridgehead atoms. The van der Waals surface area contributed by atoms with Crippen LogP contribution in [0.15, 0.2) is 6.07 Å². The largest absolute Gasteiger partial charge is 0.377 e. The Kier molecular flexibility index (Phi) is 4.89. The van der Waals surface area contributed by atoms with Crippen molar-refractivity contribution in [2.45, 2.75) is 6.61 Å². The van der Waals surface area contributed by atoms with Gasteiger partial charge < -0.3 is 20.4 Å². The van der Waals surface area contributed by atoms with E-state index in [1.54, 1.807) is 7.11 Å². The molecule has 1 aromatic rings. The highest BCUT2D eigenvalue weighted by Crippen LogP contribution is 2.13. The van der Waals surface area contributed by atoms with Crippen LogP contribution >= 0.6 is 0 Å². The molecule has 0 saturated carbocycles. The van der Waals surface area contributed by atoms with Crippen LogP contribution in [0.2, 0.25) is 0 Å². The fraction of sp³-hybridized carbons (Fsp3) is 0.667. The Bertz CT molecular complexity index is 405. The Balaban J connectivity index is 2.04. The van der Waals surface area contributed by atoms with Crippen LogP contribution in [0.4, 0.5) is 11.6 Å². The number of hydrazine groups is 1. The van der Waals surface area contributed by atoms with Gasteiger partial charge >= 0.3 is 0 Å². The summed E-state index contributed by atoms with van der Waals surface area (Å²) in [6.07, 6.45) is 0. The maximum absolute atomic E-state index is 5.09. The van der Waals surface area contributed by atoms with E-state index < -0.39 is 0 Å². The van der Waals surface area contributed by atoms with Crippen LogP contribution in [0, 0.1) is 0 Å². The van der Waals surface area contributed by atoms with Gasteiger partial charge in [-0.25, -0.2) is 15.0 Å². The van der Waals surface area contributed by atoms with Crippen molar-refractivity contribution in [3.63, 3.8) is 0 Å². The number of anilines is 2. The number of nitrogens with zero attached hydrogens (tertiary/aromatic N) is 4. The summed E-state index contributed by atoms with van der Waals surface area (Å²) in [6, 6.07) is 1.90. The molecule has 0 atom stereocenters. The fourth-order valence-electron chi connectivity index (χ4n) is 1.96. The molecule has 2 N–H and O–H groups in total. The zero-order chi connectivity index (χ0) is 13.7. The number of likely N-dealkylation sites (N-methyl/N-ethyl adjacent to an activating group) is 1. The number of rotatable bonds is 5. The first-order valence-corrected chi connectivity index (χ1v) is 6.46. The Hall–Kier alpha value is -1.44. The summed E-state index contributed by atoms with van der Waals surface area (Å²) in [5, 5.41) is 5.22. The van der Waals surface area contributed by atoms with Crippen molar-refractivity contribution in [1.82, 2.24) is 19.9 Å². The summed E-state index contributed by atoms with van der Waals surface area (Å²) in [5.41, 5.74) is 3.33. The Morgan fingerprint density at radius 3 is 2.53 bits per heavy atom. The molecule has 1 aliphatic rings. The minimum atomic E-state index is 0.410. The normalized spacial score (nSPS) is 17.4. The number of nitrogens with one attached hydrogen (secondary N) is 2. The van der Waals surface area contributed by atoms with Crippen molar-refractivity contribution in [2.75, 3.05) is 58.1 Å². The van der Waals surface area contributed by atoms with Crippen LogP contribution in [-0.4, -0.2) is 67.3 Å². The van der Waals surface area contributed by atoms with Gasteiger partial charge in [0.05, 0.1) is 0 Å². The monoisotopic (exact) mass is 266 g/mol. The van der Waals surface area contributed by atoms with E-state index in [1.807, 2.05) is 13.1 Å². The second kappa shape index (κ2) is 6.65. The second-order valence-electron chi connectivity index (χ2n) is 4.64. The van der Waals surface area contributed by atoms with Crippen LogP contribution in [0.3, 0.4) is 0 Å². The summed E-state index contributed by atoms with van der Waals surface area (Å²) >= 11 is 0. The number of ether oxygens (including phenoxy) is 1. The summed E-state index contributed by atoms with van der Waals surface area (Å²) < 4.78 is 5.09. The number of methoxy groups -OCH3 is 1. The first kappa shape index (κ1) is 14.0. The molecule has 106 valence electrons. The van der Waals surface area contributed by atoms with E-state index in [-0.39, 0.29) is 0 Å². The van der Waals surface area contributed by atoms with Gasteiger partial charge in [-0.2, -0.15) is 0 Å². The third-order valence-corrected chi connectivity index (χ3v) is 3.08. The SMILES string of the molecule is CNc1cc(NN2CCN(C)CC2)nc(COC)n1. The van der Waals surface area contributed by atoms with Crippen molar-refractivity contribution in [2.24, 2.45) is 0 Å². The maximum atomic E-state index is 5.09. The lowest BCUT2D eigenvalue weighted by Gasteiger charge is -2.32. The predicted octanol–water partition coefficient (Wildman–Crippen LogP) is 0.239. The molecule has 2 heterocycles. The molecular formula is C12H22N6O. The van der Waals surface area contributed by atoms with Crippen LogP contribution in [0.5, 0.6) is 0 Å².